The average Bonchev–Trinajstić information content (AvgIpc) is 2.96. The zero-order valence-corrected chi connectivity index (χ0v) is 22.6. The molecule has 0 saturated heterocycles. The van der Waals surface area contributed by atoms with Crippen molar-refractivity contribution in [3.8, 4) is 23.3 Å². The smallest absolute Gasteiger partial charge is 0.339 e. The summed E-state index contributed by atoms with van der Waals surface area (Å²) >= 11 is 0. The van der Waals surface area contributed by atoms with E-state index in [1.165, 1.54) is 43.5 Å². The molecule has 0 bridgehead atoms. The monoisotopic (exact) mass is 554 g/mol. The van der Waals surface area contributed by atoms with Crippen LogP contribution in [0.4, 0.5) is 5.69 Å². The van der Waals surface area contributed by atoms with Crippen molar-refractivity contribution in [2.24, 2.45) is 0 Å². The van der Waals surface area contributed by atoms with Crippen molar-refractivity contribution in [3.63, 3.8) is 0 Å². The largest absolute Gasteiger partial charge is 0.493 e. The SMILES string of the molecule is COc1cc(/C=C(\C#N)C(=O)Nc2ccc(OCc3ccccc3)cc2)ccc1OS(=O)(=O)c1ccc(C)cc1. The molecule has 0 radical (unpaired) electrons. The van der Waals surface area contributed by atoms with Crippen LogP contribution < -0.4 is 19.0 Å². The lowest BCUT2D eigenvalue weighted by Gasteiger charge is -2.12. The maximum atomic E-state index is 12.8. The van der Waals surface area contributed by atoms with Gasteiger partial charge in [-0.05, 0) is 72.7 Å². The second-order valence-corrected chi connectivity index (χ2v) is 10.2. The Labute approximate surface area is 233 Å². The van der Waals surface area contributed by atoms with Crippen molar-refractivity contribution < 1.29 is 26.9 Å². The second-order valence-electron chi connectivity index (χ2n) is 8.68. The van der Waals surface area contributed by atoms with E-state index in [-0.39, 0.29) is 22.0 Å². The summed E-state index contributed by atoms with van der Waals surface area (Å²) in [4.78, 5) is 12.8. The number of hydrogen-bond acceptors (Lipinski definition) is 7. The third-order valence-corrected chi connectivity index (χ3v) is 6.98. The number of hydrogen-bond donors (Lipinski definition) is 1. The lowest BCUT2D eigenvalue weighted by molar-refractivity contribution is -0.112. The zero-order chi connectivity index (χ0) is 28.5. The minimum absolute atomic E-state index is 0.00310. The summed E-state index contributed by atoms with van der Waals surface area (Å²) in [6.07, 6.45) is 1.37. The molecule has 0 aromatic heterocycles. The summed E-state index contributed by atoms with van der Waals surface area (Å²) in [6.45, 7) is 2.26. The molecule has 0 aliphatic heterocycles. The highest BCUT2D eigenvalue weighted by molar-refractivity contribution is 7.87. The first kappa shape index (κ1) is 28.0. The van der Waals surface area contributed by atoms with Gasteiger partial charge in [0.25, 0.3) is 5.91 Å². The number of nitrogens with one attached hydrogen (secondary N) is 1. The number of carbonyl (C=O) groups excluding carboxylic acids is 1. The minimum atomic E-state index is -4.09. The maximum absolute atomic E-state index is 12.8. The van der Waals surface area contributed by atoms with Gasteiger partial charge in [-0.1, -0.05) is 54.1 Å². The number of nitriles is 1. The normalized spacial score (nSPS) is 11.3. The Morgan fingerprint density at radius 2 is 1.62 bits per heavy atom. The predicted octanol–water partition coefficient (Wildman–Crippen LogP) is 5.90. The molecule has 4 aromatic carbocycles. The molecule has 0 aliphatic carbocycles. The lowest BCUT2D eigenvalue weighted by atomic mass is 10.1. The second kappa shape index (κ2) is 12.7. The number of aryl methyl sites for hydroxylation is 1. The van der Waals surface area contributed by atoms with Gasteiger partial charge in [-0.3, -0.25) is 4.79 Å². The van der Waals surface area contributed by atoms with Crippen LogP contribution in [0.25, 0.3) is 6.08 Å². The van der Waals surface area contributed by atoms with Gasteiger partial charge >= 0.3 is 10.1 Å². The first-order valence-electron chi connectivity index (χ1n) is 12.2. The molecular formula is C31H26N2O6S. The summed E-state index contributed by atoms with van der Waals surface area (Å²) in [5, 5.41) is 12.3. The molecule has 8 nitrogen and oxygen atoms in total. The fourth-order valence-corrected chi connectivity index (χ4v) is 4.54. The van der Waals surface area contributed by atoms with Crippen molar-refractivity contribution in [1.29, 1.82) is 5.26 Å². The first-order valence-corrected chi connectivity index (χ1v) is 13.6. The molecule has 0 saturated carbocycles. The molecule has 4 aromatic rings. The number of ether oxygens (including phenoxy) is 2. The molecule has 1 N–H and O–H groups in total. The highest BCUT2D eigenvalue weighted by Gasteiger charge is 2.19. The lowest BCUT2D eigenvalue weighted by Crippen LogP contribution is -2.13. The Bertz CT molecular complexity index is 1660. The van der Waals surface area contributed by atoms with Gasteiger partial charge in [-0.25, -0.2) is 0 Å². The van der Waals surface area contributed by atoms with E-state index in [9.17, 15) is 18.5 Å². The Kier molecular flexibility index (Phi) is 8.84. The van der Waals surface area contributed by atoms with Crippen molar-refractivity contribution in [1.82, 2.24) is 0 Å². The van der Waals surface area contributed by atoms with Crippen LogP contribution in [0.15, 0.2) is 108 Å². The Morgan fingerprint density at radius 1 is 0.925 bits per heavy atom. The van der Waals surface area contributed by atoms with Crippen LogP contribution >= 0.6 is 0 Å². The maximum Gasteiger partial charge on any atom is 0.339 e. The molecule has 0 aliphatic rings. The molecular weight excluding hydrogens is 528 g/mol. The number of rotatable bonds is 10. The first-order chi connectivity index (χ1) is 19.3. The fraction of sp³-hybridized carbons (Fsp3) is 0.0968. The molecule has 0 atom stereocenters. The summed E-state index contributed by atoms with van der Waals surface area (Å²) in [5.74, 6) is 0.115. The van der Waals surface area contributed by atoms with Crippen LogP contribution in [0, 0.1) is 18.3 Å². The summed E-state index contributed by atoms with van der Waals surface area (Å²) in [6, 6.07) is 29.1. The van der Waals surface area contributed by atoms with Crippen LogP contribution in [0.1, 0.15) is 16.7 Å². The Balaban J connectivity index is 1.43. The van der Waals surface area contributed by atoms with Crippen LogP contribution in [-0.4, -0.2) is 21.4 Å². The topological polar surface area (TPSA) is 115 Å². The molecule has 0 spiro atoms. The summed E-state index contributed by atoms with van der Waals surface area (Å²) in [5.41, 5.74) is 2.71. The van der Waals surface area contributed by atoms with Crippen LogP contribution in [0.3, 0.4) is 0 Å². The van der Waals surface area contributed by atoms with E-state index in [2.05, 4.69) is 5.32 Å². The van der Waals surface area contributed by atoms with E-state index in [4.69, 9.17) is 13.7 Å². The van der Waals surface area contributed by atoms with Gasteiger partial charge in [0.15, 0.2) is 11.5 Å². The standard InChI is InChI=1S/C31H26N2O6S/c1-22-8-15-28(16-9-22)40(35,36)39-29-17-10-24(19-30(29)37-2)18-25(20-32)31(34)33-26-11-13-27(14-12-26)38-21-23-6-4-3-5-7-23/h3-19H,21H2,1-2H3,(H,33,34)/b25-18+. The number of methoxy groups -OCH3 is 1. The van der Waals surface area contributed by atoms with Gasteiger partial charge in [0, 0.05) is 5.69 Å². The quantitative estimate of drug-likeness (QED) is 0.148. The molecule has 9 heteroatoms. The van der Waals surface area contributed by atoms with E-state index >= 15 is 0 Å². The summed E-state index contributed by atoms with van der Waals surface area (Å²) in [7, 11) is -2.73. The van der Waals surface area contributed by atoms with E-state index in [0.717, 1.165) is 11.1 Å². The van der Waals surface area contributed by atoms with Crippen LogP contribution in [0.5, 0.6) is 17.2 Å². The van der Waals surface area contributed by atoms with Gasteiger partial charge in [0.05, 0.1) is 7.11 Å². The number of nitrogens with zero attached hydrogens (tertiary/aromatic N) is 1. The minimum Gasteiger partial charge on any atom is -0.493 e. The van der Waals surface area contributed by atoms with E-state index in [1.807, 2.05) is 43.3 Å². The van der Waals surface area contributed by atoms with Gasteiger partial charge in [-0.15, -0.1) is 0 Å². The average molecular weight is 555 g/mol. The van der Waals surface area contributed by atoms with E-state index < -0.39 is 16.0 Å². The van der Waals surface area contributed by atoms with Crippen molar-refractivity contribution in [2.75, 3.05) is 12.4 Å². The predicted molar refractivity (Wildman–Crippen MR) is 151 cm³/mol. The molecule has 1 amide bonds. The molecule has 0 heterocycles. The Morgan fingerprint density at radius 3 is 2.27 bits per heavy atom. The van der Waals surface area contributed by atoms with Crippen LogP contribution in [-0.2, 0) is 21.5 Å². The van der Waals surface area contributed by atoms with Crippen LogP contribution in [0.2, 0.25) is 0 Å². The highest BCUT2D eigenvalue weighted by Crippen LogP contribution is 2.31. The molecule has 40 heavy (non-hydrogen) atoms. The molecule has 202 valence electrons. The van der Waals surface area contributed by atoms with E-state index in [1.54, 1.807) is 36.4 Å². The fourth-order valence-electron chi connectivity index (χ4n) is 3.60. The molecule has 0 fully saturated rings. The number of carbonyl (C=O) groups is 1. The zero-order valence-electron chi connectivity index (χ0n) is 21.8. The number of benzene rings is 4. The highest BCUT2D eigenvalue weighted by atomic mass is 32.2. The van der Waals surface area contributed by atoms with Crippen molar-refractivity contribution in [3.05, 3.63) is 119 Å². The van der Waals surface area contributed by atoms with E-state index in [0.29, 0.717) is 23.6 Å². The van der Waals surface area contributed by atoms with Gasteiger partial charge in [0.1, 0.15) is 28.9 Å². The molecule has 0 unspecified atom stereocenters. The van der Waals surface area contributed by atoms with Crippen molar-refractivity contribution >= 4 is 27.8 Å². The van der Waals surface area contributed by atoms with Gasteiger partial charge in [-0.2, -0.15) is 13.7 Å². The van der Waals surface area contributed by atoms with Crippen molar-refractivity contribution in [2.45, 2.75) is 18.4 Å². The molecule has 4 rings (SSSR count). The third-order valence-electron chi connectivity index (χ3n) is 5.73. The summed E-state index contributed by atoms with van der Waals surface area (Å²) < 4.78 is 41.7. The van der Waals surface area contributed by atoms with Gasteiger partial charge in [0.2, 0.25) is 0 Å². The van der Waals surface area contributed by atoms with Gasteiger partial charge < -0.3 is 19.0 Å². The number of anilines is 1. The Hall–Kier alpha value is -5.07. The third kappa shape index (κ3) is 7.28. The number of amides is 1.